The van der Waals surface area contributed by atoms with Gasteiger partial charge in [0.15, 0.2) is 0 Å². The molecule has 2 rings (SSSR count). The van der Waals surface area contributed by atoms with Crippen molar-refractivity contribution >= 4 is 0 Å². The lowest BCUT2D eigenvalue weighted by molar-refractivity contribution is 0.271. The first-order chi connectivity index (χ1) is 9.19. The topological polar surface area (TPSA) is 45.3 Å². The Morgan fingerprint density at radius 1 is 1.26 bits per heavy atom. The Kier molecular flexibility index (Phi) is 5.19. The molecule has 1 aliphatic rings. The van der Waals surface area contributed by atoms with Gasteiger partial charge in [-0.15, -0.1) is 0 Å². The predicted molar refractivity (Wildman–Crippen MR) is 78.1 cm³/mol. The number of hydrogen-bond donors (Lipinski definition) is 3. The smallest absolute Gasteiger partial charge is 0.119 e. The Labute approximate surface area is 115 Å². The van der Waals surface area contributed by atoms with Crippen molar-refractivity contribution in [1.29, 1.82) is 0 Å². The Morgan fingerprint density at radius 3 is 2.63 bits per heavy atom. The van der Waals surface area contributed by atoms with E-state index in [0.29, 0.717) is 18.0 Å². The standard InChI is InChI=1S/C15H25N3O/c1-11(2)10-19-14-6-4-12(5-7-14)15-8-13(9-16-3)17-18-15/h4-7,11,13,15-18H,8-10H2,1-3H3. The summed E-state index contributed by atoms with van der Waals surface area (Å²) in [6, 6.07) is 9.30. The van der Waals surface area contributed by atoms with E-state index in [2.05, 4.69) is 54.3 Å². The highest BCUT2D eigenvalue weighted by Gasteiger charge is 2.24. The van der Waals surface area contributed by atoms with Crippen LogP contribution in [0, 0.1) is 5.92 Å². The Bertz CT molecular complexity index is 377. The van der Waals surface area contributed by atoms with Crippen LogP contribution < -0.4 is 20.9 Å². The second kappa shape index (κ2) is 6.89. The van der Waals surface area contributed by atoms with Gasteiger partial charge in [-0.2, -0.15) is 0 Å². The summed E-state index contributed by atoms with van der Waals surface area (Å²) in [7, 11) is 1.98. The minimum atomic E-state index is 0.387. The van der Waals surface area contributed by atoms with Crippen LogP contribution in [0.15, 0.2) is 24.3 Å². The molecular weight excluding hydrogens is 238 g/mol. The van der Waals surface area contributed by atoms with Gasteiger partial charge < -0.3 is 10.1 Å². The predicted octanol–water partition coefficient (Wildman–Crippen LogP) is 1.85. The minimum absolute atomic E-state index is 0.387. The Balaban J connectivity index is 1.88. The first-order valence-corrected chi connectivity index (χ1v) is 7.07. The summed E-state index contributed by atoms with van der Waals surface area (Å²) >= 11 is 0. The van der Waals surface area contributed by atoms with E-state index in [4.69, 9.17) is 4.74 Å². The molecule has 19 heavy (non-hydrogen) atoms. The fourth-order valence-corrected chi connectivity index (χ4v) is 2.28. The third-order valence-electron chi connectivity index (χ3n) is 3.30. The number of hydrazine groups is 1. The fraction of sp³-hybridized carbons (Fsp3) is 0.600. The van der Waals surface area contributed by atoms with Crippen LogP contribution in [0.25, 0.3) is 0 Å². The van der Waals surface area contributed by atoms with Gasteiger partial charge in [-0.3, -0.25) is 5.43 Å². The van der Waals surface area contributed by atoms with Gasteiger partial charge in [0.05, 0.1) is 6.61 Å². The van der Waals surface area contributed by atoms with Crippen LogP contribution in [-0.2, 0) is 0 Å². The number of ether oxygens (including phenoxy) is 1. The van der Waals surface area contributed by atoms with E-state index in [9.17, 15) is 0 Å². The molecule has 1 heterocycles. The molecule has 2 atom stereocenters. The first-order valence-electron chi connectivity index (χ1n) is 7.07. The van der Waals surface area contributed by atoms with Crippen LogP contribution in [-0.4, -0.2) is 26.2 Å². The van der Waals surface area contributed by atoms with Gasteiger partial charge in [-0.25, -0.2) is 5.43 Å². The summed E-state index contributed by atoms with van der Waals surface area (Å²) in [4.78, 5) is 0. The van der Waals surface area contributed by atoms with Gasteiger partial charge in [-0.05, 0) is 37.1 Å². The second-order valence-corrected chi connectivity index (χ2v) is 5.61. The van der Waals surface area contributed by atoms with Gasteiger partial charge in [-0.1, -0.05) is 26.0 Å². The maximum absolute atomic E-state index is 5.70. The molecule has 106 valence electrons. The number of nitrogens with one attached hydrogen (secondary N) is 3. The second-order valence-electron chi connectivity index (χ2n) is 5.61. The highest BCUT2D eigenvalue weighted by molar-refractivity contribution is 5.29. The Morgan fingerprint density at radius 2 is 2.00 bits per heavy atom. The zero-order chi connectivity index (χ0) is 13.7. The fourth-order valence-electron chi connectivity index (χ4n) is 2.28. The molecule has 4 nitrogen and oxygen atoms in total. The summed E-state index contributed by atoms with van der Waals surface area (Å²) in [5.74, 6) is 1.51. The SMILES string of the molecule is CNCC1CC(c2ccc(OCC(C)C)cc2)NN1. The average Bonchev–Trinajstić information content (AvgIpc) is 2.86. The van der Waals surface area contributed by atoms with Crippen LogP contribution >= 0.6 is 0 Å². The molecule has 0 amide bonds. The Hall–Kier alpha value is -1.10. The largest absolute Gasteiger partial charge is 0.493 e. The molecule has 0 spiro atoms. The summed E-state index contributed by atoms with van der Waals surface area (Å²) in [5.41, 5.74) is 7.97. The third-order valence-corrected chi connectivity index (χ3v) is 3.30. The minimum Gasteiger partial charge on any atom is -0.493 e. The maximum Gasteiger partial charge on any atom is 0.119 e. The van der Waals surface area contributed by atoms with Gasteiger partial charge in [0.25, 0.3) is 0 Å². The van der Waals surface area contributed by atoms with Gasteiger partial charge in [0.1, 0.15) is 5.75 Å². The summed E-state index contributed by atoms with van der Waals surface area (Å²) in [5, 5.41) is 3.20. The molecule has 0 radical (unpaired) electrons. The lowest BCUT2D eigenvalue weighted by Crippen LogP contribution is -2.36. The number of likely N-dealkylation sites (N-methyl/N-ethyl adjacent to an activating group) is 1. The monoisotopic (exact) mass is 263 g/mol. The molecule has 1 saturated heterocycles. The number of benzene rings is 1. The lowest BCUT2D eigenvalue weighted by atomic mass is 10.0. The quantitative estimate of drug-likeness (QED) is 0.733. The zero-order valence-electron chi connectivity index (χ0n) is 12.1. The molecule has 0 aromatic heterocycles. The molecule has 1 fully saturated rings. The van der Waals surface area contributed by atoms with Crippen molar-refractivity contribution in [3.63, 3.8) is 0 Å². The molecule has 2 unspecified atom stereocenters. The molecule has 1 aromatic rings. The molecule has 0 saturated carbocycles. The molecule has 4 heteroatoms. The van der Waals surface area contributed by atoms with Crippen molar-refractivity contribution in [3.8, 4) is 5.75 Å². The van der Waals surface area contributed by atoms with E-state index in [0.717, 1.165) is 25.3 Å². The van der Waals surface area contributed by atoms with Gasteiger partial charge >= 0.3 is 0 Å². The van der Waals surface area contributed by atoms with E-state index >= 15 is 0 Å². The van der Waals surface area contributed by atoms with Crippen molar-refractivity contribution in [2.45, 2.75) is 32.4 Å². The van der Waals surface area contributed by atoms with Crippen LogP contribution in [0.3, 0.4) is 0 Å². The third kappa shape index (κ3) is 4.20. The van der Waals surface area contributed by atoms with E-state index in [-0.39, 0.29) is 0 Å². The molecular formula is C15H25N3O. The normalized spacial score (nSPS) is 22.9. The van der Waals surface area contributed by atoms with Crippen molar-refractivity contribution in [2.75, 3.05) is 20.2 Å². The van der Waals surface area contributed by atoms with Crippen LogP contribution in [0.5, 0.6) is 5.75 Å². The molecule has 0 bridgehead atoms. The molecule has 3 N–H and O–H groups in total. The van der Waals surface area contributed by atoms with Crippen LogP contribution in [0.4, 0.5) is 0 Å². The molecule has 1 aliphatic heterocycles. The average molecular weight is 263 g/mol. The van der Waals surface area contributed by atoms with Crippen LogP contribution in [0.2, 0.25) is 0 Å². The number of hydrogen-bond acceptors (Lipinski definition) is 4. The number of rotatable bonds is 6. The maximum atomic E-state index is 5.70. The van der Waals surface area contributed by atoms with Crippen molar-refractivity contribution in [2.24, 2.45) is 5.92 Å². The van der Waals surface area contributed by atoms with E-state index < -0.39 is 0 Å². The first kappa shape index (κ1) is 14.3. The van der Waals surface area contributed by atoms with E-state index in [1.165, 1.54) is 5.56 Å². The highest BCUT2D eigenvalue weighted by Crippen LogP contribution is 2.24. The van der Waals surface area contributed by atoms with E-state index in [1.54, 1.807) is 0 Å². The van der Waals surface area contributed by atoms with Crippen LogP contribution in [0.1, 0.15) is 31.9 Å². The van der Waals surface area contributed by atoms with Crippen molar-refractivity contribution in [1.82, 2.24) is 16.2 Å². The van der Waals surface area contributed by atoms with Crippen molar-refractivity contribution < 1.29 is 4.74 Å². The molecule has 1 aromatic carbocycles. The lowest BCUT2D eigenvalue weighted by Gasteiger charge is -2.12. The summed E-state index contributed by atoms with van der Waals surface area (Å²) in [6.07, 6.45) is 1.10. The zero-order valence-corrected chi connectivity index (χ0v) is 12.1. The van der Waals surface area contributed by atoms with E-state index in [1.807, 2.05) is 7.05 Å². The van der Waals surface area contributed by atoms with Crippen molar-refractivity contribution in [3.05, 3.63) is 29.8 Å². The summed E-state index contributed by atoms with van der Waals surface area (Å²) in [6.45, 7) is 6.07. The molecule has 0 aliphatic carbocycles. The van der Waals surface area contributed by atoms with Gasteiger partial charge in [0.2, 0.25) is 0 Å². The van der Waals surface area contributed by atoms with Gasteiger partial charge in [0, 0.05) is 18.6 Å². The summed E-state index contributed by atoms with van der Waals surface area (Å²) < 4.78 is 5.70. The highest BCUT2D eigenvalue weighted by atomic mass is 16.5.